The predicted molar refractivity (Wildman–Crippen MR) is 112 cm³/mol. The molecule has 0 aliphatic rings. The second-order valence-electron chi connectivity index (χ2n) is 6.89. The highest BCUT2D eigenvalue weighted by Gasteiger charge is 2.19. The molecule has 0 spiro atoms. The first-order chi connectivity index (χ1) is 13.7. The number of fused-ring (bicyclic) bond motifs is 1. The number of imidazole rings is 1. The van der Waals surface area contributed by atoms with Crippen molar-refractivity contribution in [1.82, 2.24) is 9.55 Å². The molecule has 1 aromatic heterocycles. The summed E-state index contributed by atoms with van der Waals surface area (Å²) in [4.78, 5) is 4.71. The molecule has 0 bridgehead atoms. The number of nitrogens with zero attached hydrogens (tertiary/aromatic N) is 2. The normalized spacial score (nSPS) is 12.2. The average Bonchev–Trinajstić information content (AvgIpc) is 3.11. The van der Waals surface area contributed by atoms with Crippen molar-refractivity contribution in [3.05, 3.63) is 95.8 Å². The van der Waals surface area contributed by atoms with Crippen molar-refractivity contribution in [2.45, 2.75) is 26.0 Å². The van der Waals surface area contributed by atoms with E-state index in [1.807, 2.05) is 85.8 Å². The Morgan fingerprint density at radius 2 is 1.64 bits per heavy atom. The summed E-state index contributed by atoms with van der Waals surface area (Å²) in [5, 5.41) is 10.9. The Morgan fingerprint density at radius 1 is 0.929 bits per heavy atom. The molecule has 3 aromatic carbocycles. The molecule has 0 fully saturated rings. The molecule has 4 heteroatoms. The van der Waals surface area contributed by atoms with E-state index >= 15 is 0 Å². The molecule has 0 saturated carbocycles. The third kappa shape index (κ3) is 3.78. The maximum absolute atomic E-state index is 10.9. The number of aryl methyl sites for hydroxylation is 2. The van der Waals surface area contributed by atoms with E-state index in [4.69, 9.17) is 9.72 Å². The van der Waals surface area contributed by atoms with E-state index in [-0.39, 0.29) is 0 Å². The van der Waals surface area contributed by atoms with Crippen LogP contribution in [0.15, 0.2) is 78.9 Å². The van der Waals surface area contributed by atoms with E-state index in [1.54, 1.807) is 0 Å². The van der Waals surface area contributed by atoms with Crippen molar-refractivity contribution in [1.29, 1.82) is 0 Å². The van der Waals surface area contributed by atoms with Gasteiger partial charge < -0.3 is 14.4 Å². The smallest absolute Gasteiger partial charge is 0.143 e. The molecule has 0 aliphatic heterocycles. The van der Waals surface area contributed by atoms with Gasteiger partial charge in [0.25, 0.3) is 0 Å². The minimum atomic E-state index is -0.758. The number of hydrogen-bond donors (Lipinski definition) is 1. The monoisotopic (exact) mass is 372 g/mol. The van der Waals surface area contributed by atoms with Gasteiger partial charge in [0.15, 0.2) is 0 Å². The Hall–Kier alpha value is -3.11. The molecule has 0 radical (unpaired) electrons. The summed E-state index contributed by atoms with van der Waals surface area (Å²) in [5.74, 6) is 1.59. The van der Waals surface area contributed by atoms with Gasteiger partial charge in [0, 0.05) is 6.54 Å². The fourth-order valence-corrected chi connectivity index (χ4v) is 3.45. The van der Waals surface area contributed by atoms with E-state index < -0.39 is 6.10 Å². The third-order valence-corrected chi connectivity index (χ3v) is 4.92. The minimum absolute atomic E-state index is 0.609. The van der Waals surface area contributed by atoms with E-state index in [0.29, 0.717) is 12.4 Å². The lowest BCUT2D eigenvalue weighted by Crippen LogP contribution is -2.12. The molecular formula is C24H24N2O2. The molecule has 1 unspecified atom stereocenters. The molecule has 0 aliphatic carbocycles. The van der Waals surface area contributed by atoms with Crippen LogP contribution in [-0.2, 0) is 6.54 Å². The highest BCUT2D eigenvalue weighted by atomic mass is 16.5. The molecule has 1 atom stereocenters. The number of rotatable bonds is 7. The van der Waals surface area contributed by atoms with Crippen LogP contribution in [-0.4, -0.2) is 21.3 Å². The first-order valence-corrected chi connectivity index (χ1v) is 9.60. The number of hydrogen-bond acceptors (Lipinski definition) is 3. The Morgan fingerprint density at radius 3 is 2.46 bits per heavy atom. The topological polar surface area (TPSA) is 47.3 Å². The van der Waals surface area contributed by atoms with Crippen molar-refractivity contribution >= 4 is 11.0 Å². The van der Waals surface area contributed by atoms with Crippen LogP contribution in [0.25, 0.3) is 11.0 Å². The highest BCUT2D eigenvalue weighted by Crippen LogP contribution is 2.26. The largest absolute Gasteiger partial charge is 0.493 e. The number of ether oxygens (including phenoxy) is 1. The Kier molecular flexibility index (Phi) is 5.40. The molecule has 0 saturated heterocycles. The van der Waals surface area contributed by atoms with Crippen LogP contribution in [0.4, 0.5) is 0 Å². The number of aromatic nitrogens is 2. The summed E-state index contributed by atoms with van der Waals surface area (Å²) >= 11 is 0. The fourth-order valence-electron chi connectivity index (χ4n) is 3.45. The van der Waals surface area contributed by atoms with E-state index in [0.717, 1.165) is 40.9 Å². The van der Waals surface area contributed by atoms with Crippen LogP contribution < -0.4 is 4.74 Å². The second-order valence-corrected chi connectivity index (χ2v) is 6.89. The summed E-state index contributed by atoms with van der Waals surface area (Å²) in [6.45, 7) is 3.39. The van der Waals surface area contributed by atoms with Gasteiger partial charge in [0.1, 0.15) is 17.7 Å². The van der Waals surface area contributed by atoms with Crippen LogP contribution in [0, 0.1) is 6.92 Å². The number of para-hydroxylation sites is 3. The van der Waals surface area contributed by atoms with Crippen LogP contribution >= 0.6 is 0 Å². The quantitative estimate of drug-likeness (QED) is 0.470. The van der Waals surface area contributed by atoms with Gasteiger partial charge in [-0.05, 0) is 42.7 Å². The van der Waals surface area contributed by atoms with Crippen LogP contribution in [0.3, 0.4) is 0 Å². The summed E-state index contributed by atoms with van der Waals surface area (Å²) in [6, 6.07) is 25.7. The summed E-state index contributed by atoms with van der Waals surface area (Å²) in [7, 11) is 0. The third-order valence-electron chi connectivity index (χ3n) is 4.92. The van der Waals surface area contributed by atoms with E-state index in [2.05, 4.69) is 4.57 Å². The van der Waals surface area contributed by atoms with Crippen molar-refractivity contribution in [2.75, 3.05) is 6.61 Å². The lowest BCUT2D eigenvalue weighted by molar-refractivity contribution is 0.203. The Labute approximate surface area is 165 Å². The number of aliphatic hydroxyl groups is 1. The van der Waals surface area contributed by atoms with Gasteiger partial charge in [-0.15, -0.1) is 0 Å². The Bertz CT molecular complexity index is 1060. The zero-order valence-electron chi connectivity index (χ0n) is 16.0. The van der Waals surface area contributed by atoms with Crippen LogP contribution in [0.2, 0.25) is 0 Å². The van der Waals surface area contributed by atoms with Gasteiger partial charge in [0.2, 0.25) is 0 Å². The molecule has 4 nitrogen and oxygen atoms in total. The van der Waals surface area contributed by atoms with Gasteiger partial charge in [-0.25, -0.2) is 4.98 Å². The van der Waals surface area contributed by atoms with Gasteiger partial charge in [-0.1, -0.05) is 60.7 Å². The molecule has 4 rings (SSSR count). The molecule has 1 heterocycles. The number of benzene rings is 3. The minimum Gasteiger partial charge on any atom is -0.493 e. The van der Waals surface area contributed by atoms with Crippen molar-refractivity contribution in [3.63, 3.8) is 0 Å². The van der Waals surface area contributed by atoms with Crippen molar-refractivity contribution in [2.24, 2.45) is 0 Å². The van der Waals surface area contributed by atoms with Crippen molar-refractivity contribution in [3.8, 4) is 5.75 Å². The van der Waals surface area contributed by atoms with Gasteiger partial charge in [-0.2, -0.15) is 0 Å². The zero-order valence-corrected chi connectivity index (χ0v) is 16.0. The molecule has 1 N–H and O–H groups in total. The average molecular weight is 372 g/mol. The lowest BCUT2D eigenvalue weighted by atomic mass is 10.1. The standard InChI is InChI=1S/C24H24N2O2/c1-18-10-5-8-15-22(18)28-17-9-16-26-21-14-7-6-13-20(21)25-24(26)23(27)19-11-3-2-4-12-19/h2-8,10-15,23,27H,9,16-17H2,1H3. The molecule has 0 amide bonds. The first-order valence-electron chi connectivity index (χ1n) is 9.60. The molecule has 142 valence electrons. The van der Waals surface area contributed by atoms with Crippen molar-refractivity contribution < 1.29 is 9.84 Å². The maximum Gasteiger partial charge on any atom is 0.143 e. The zero-order chi connectivity index (χ0) is 19.3. The summed E-state index contributed by atoms with van der Waals surface area (Å²) in [5.41, 5.74) is 3.90. The summed E-state index contributed by atoms with van der Waals surface area (Å²) < 4.78 is 8.04. The summed E-state index contributed by atoms with van der Waals surface area (Å²) in [6.07, 6.45) is 0.0642. The maximum atomic E-state index is 10.9. The highest BCUT2D eigenvalue weighted by molar-refractivity contribution is 5.76. The molecule has 4 aromatic rings. The number of aliphatic hydroxyl groups excluding tert-OH is 1. The molecule has 28 heavy (non-hydrogen) atoms. The molecular weight excluding hydrogens is 348 g/mol. The SMILES string of the molecule is Cc1ccccc1OCCCn1c(C(O)c2ccccc2)nc2ccccc21. The van der Waals surface area contributed by atoms with Gasteiger partial charge in [-0.3, -0.25) is 0 Å². The van der Waals surface area contributed by atoms with Crippen LogP contribution in [0.5, 0.6) is 5.75 Å². The van der Waals surface area contributed by atoms with Gasteiger partial charge in [0.05, 0.1) is 17.6 Å². The predicted octanol–water partition coefficient (Wildman–Crippen LogP) is 4.90. The second kappa shape index (κ2) is 8.28. The fraction of sp³-hybridized carbons (Fsp3) is 0.208. The van der Waals surface area contributed by atoms with Gasteiger partial charge >= 0.3 is 0 Å². The van der Waals surface area contributed by atoms with Crippen LogP contribution in [0.1, 0.15) is 29.5 Å². The lowest BCUT2D eigenvalue weighted by Gasteiger charge is -2.15. The van der Waals surface area contributed by atoms with E-state index in [1.165, 1.54) is 0 Å². The van der Waals surface area contributed by atoms with E-state index in [9.17, 15) is 5.11 Å². The Balaban J connectivity index is 1.54. The first kappa shape index (κ1) is 18.3.